The summed E-state index contributed by atoms with van der Waals surface area (Å²) in [6.45, 7) is 20.6. The van der Waals surface area contributed by atoms with Gasteiger partial charge in [-0.05, 0) is 116 Å². The number of fused-ring (bicyclic) bond motifs is 4. The van der Waals surface area contributed by atoms with Crippen molar-refractivity contribution >= 4 is 58.5 Å². The number of rotatable bonds is 16. The number of carbonyl (C=O) groups excluding carboxylic acids is 2. The van der Waals surface area contributed by atoms with Crippen LogP contribution in [0.25, 0.3) is 43.4 Å². The van der Waals surface area contributed by atoms with Gasteiger partial charge in [0.05, 0.1) is 39.6 Å². The zero-order valence-corrected chi connectivity index (χ0v) is 47.6. The number of phenols is 1. The number of aromatic nitrogens is 5. The van der Waals surface area contributed by atoms with Gasteiger partial charge in [0.2, 0.25) is 11.8 Å². The van der Waals surface area contributed by atoms with Gasteiger partial charge >= 0.3 is 6.01 Å². The zero-order chi connectivity index (χ0) is 56.0. The van der Waals surface area contributed by atoms with Gasteiger partial charge in [-0.1, -0.05) is 90.1 Å². The summed E-state index contributed by atoms with van der Waals surface area (Å²) in [5, 5.41) is 23.6. The molecular weight excluding hydrogens is 1020 g/mol. The molecule has 0 saturated carbocycles. The average molecular weight is 1090 g/mol. The Hall–Kier alpha value is -6.70. The Labute approximate surface area is 468 Å². The Morgan fingerprint density at radius 3 is 2.38 bits per heavy atom. The number of piperazine rings is 1. The highest BCUT2D eigenvalue weighted by atomic mass is 32.1. The number of ether oxygens (including phenoxy) is 2. The van der Waals surface area contributed by atoms with E-state index in [9.17, 15) is 14.7 Å². The van der Waals surface area contributed by atoms with E-state index in [1.54, 1.807) is 35.7 Å². The van der Waals surface area contributed by atoms with Crippen LogP contribution in [0.1, 0.15) is 116 Å². The second-order valence-electron chi connectivity index (χ2n) is 21.1. The van der Waals surface area contributed by atoms with Crippen molar-refractivity contribution in [2.45, 2.75) is 123 Å². The fourth-order valence-electron chi connectivity index (χ4n) is 11.5. The second-order valence-corrected chi connectivity index (χ2v) is 22.0. The van der Waals surface area contributed by atoms with Crippen molar-refractivity contribution in [2.75, 3.05) is 57.4 Å². The van der Waals surface area contributed by atoms with E-state index in [-0.39, 0.29) is 46.8 Å². The van der Waals surface area contributed by atoms with Crippen molar-refractivity contribution in [2.24, 2.45) is 11.8 Å². The number of piperidine rings is 1. The summed E-state index contributed by atoms with van der Waals surface area (Å²) < 4.78 is 35.1. The lowest BCUT2D eigenvalue weighted by Gasteiger charge is -2.38. The number of aromatic hydroxyl groups is 1. The minimum absolute atomic E-state index is 0.0221. The third kappa shape index (κ3) is 12.2. The van der Waals surface area contributed by atoms with Crippen LogP contribution in [0.3, 0.4) is 0 Å². The number of nitrogens with one attached hydrogen (secondary N) is 2. The number of halogens is 1. The molecule has 4 aliphatic rings. The molecule has 2 bridgehead atoms. The Morgan fingerprint density at radius 1 is 0.937 bits per heavy atom. The largest absolute Gasteiger partial charge is 0.508 e. The van der Waals surface area contributed by atoms with Crippen LogP contribution in [-0.2, 0) is 9.59 Å². The number of carbonyl (C=O) groups is 2. The van der Waals surface area contributed by atoms with E-state index >= 15 is 4.39 Å². The molecule has 2 amide bonds. The van der Waals surface area contributed by atoms with Crippen molar-refractivity contribution in [1.82, 2.24) is 45.5 Å². The van der Waals surface area contributed by atoms with Crippen LogP contribution in [0.15, 0.2) is 83.0 Å². The molecule has 7 aromatic rings. The first-order valence-corrected chi connectivity index (χ1v) is 29.1. The van der Waals surface area contributed by atoms with E-state index in [1.807, 2.05) is 109 Å². The van der Waals surface area contributed by atoms with Crippen molar-refractivity contribution in [3.8, 4) is 39.3 Å². The molecule has 3 N–H and O–H groups in total. The Kier molecular flexibility index (Phi) is 18.2. The normalized spacial score (nSPS) is 20.1. The predicted octanol–water partition coefficient (Wildman–Crippen LogP) is 10.4. The predicted molar refractivity (Wildman–Crippen MR) is 309 cm³/mol. The molecule has 5 atom stereocenters. The number of thiazole rings is 1. The van der Waals surface area contributed by atoms with Crippen LogP contribution in [0.4, 0.5) is 10.2 Å². The van der Waals surface area contributed by atoms with Crippen LogP contribution < -0.4 is 25.0 Å². The molecular formula is C60H74BFN10O6S. The molecule has 16 nitrogen and oxygen atoms in total. The molecule has 79 heavy (non-hydrogen) atoms. The molecule has 3 aromatic carbocycles. The highest BCUT2D eigenvalue weighted by Gasteiger charge is 2.48. The lowest BCUT2D eigenvalue weighted by molar-refractivity contribution is -0.143. The molecule has 8 heterocycles. The van der Waals surface area contributed by atoms with Gasteiger partial charge in [0, 0.05) is 56.1 Å². The molecule has 4 aromatic heterocycles. The lowest BCUT2D eigenvalue weighted by atomic mass is 9.73. The summed E-state index contributed by atoms with van der Waals surface area (Å²) in [4.78, 5) is 54.0. The fraction of sp³-hybridized carbons (Fsp3) is 0.483. The average Bonchev–Trinajstić information content (AvgIpc) is 4.46. The summed E-state index contributed by atoms with van der Waals surface area (Å²) >= 11 is 1.59. The van der Waals surface area contributed by atoms with Gasteiger partial charge in [-0.2, -0.15) is 9.97 Å². The summed E-state index contributed by atoms with van der Waals surface area (Å²) in [5.41, 5.74) is 3.98. The maximum atomic E-state index is 16.9. The highest BCUT2D eigenvalue weighted by molar-refractivity contribution is 7.13. The van der Waals surface area contributed by atoms with Gasteiger partial charge < -0.3 is 39.5 Å². The number of aryl methyl sites for hydroxylation is 1. The number of amides is 2. The molecule has 4 saturated heterocycles. The Balaban J connectivity index is 0.00000185. The first-order chi connectivity index (χ1) is 38.3. The summed E-state index contributed by atoms with van der Waals surface area (Å²) in [7, 11) is 6.87. The molecule has 19 heteroatoms. The smallest absolute Gasteiger partial charge is 0.319 e. The van der Waals surface area contributed by atoms with Crippen LogP contribution in [0.5, 0.6) is 17.6 Å². The molecule has 11 rings (SSSR count). The fourth-order valence-corrected chi connectivity index (χ4v) is 12.3. The van der Waals surface area contributed by atoms with E-state index in [0.717, 1.165) is 84.3 Å². The van der Waals surface area contributed by atoms with Gasteiger partial charge in [0.15, 0.2) is 11.6 Å². The first-order valence-electron chi connectivity index (χ1n) is 28.2. The van der Waals surface area contributed by atoms with E-state index in [0.29, 0.717) is 79.6 Å². The minimum Gasteiger partial charge on any atom is -0.508 e. The summed E-state index contributed by atoms with van der Waals surface area (Å²) in [5.74, 6) is -0.618. The molecule has 416 valence electrons. The van der Waals surface area contributed by atoms with E-state index in [2.05, 4.69) is 40.5 Å². The topological polar surface area (TPSA) is 184 Å². The number of benzene rings is 3. The van der Waals surface area contributed by atoms with Crippen LogP contribution >= 0.6 is 11.3 Å². The number of hydrogen-bond donors (Lipinski definition) is 3. The Morgan fingerprint density at radius 2 is 1.67 bits per heavy atom. The molecule has 0 spiro atoms. The minimum atomic E-state index is -1.52. The summed E-state index contributed by atoms with van der Waals surface area (Å²) in [6.07, 6.45) is 6.49. The molecule has 3 unspecified atom stereocenters. The molecule has 2 radical (unpaired) electrons. The third-order valence-corrected chi connectivity index (χ3v) is 16.6. The van der Waals surface area contributed by atoms with Crippen LogP contribution in [-0.4, -0.2) is 130 Å². The summed E-state index contributed by atoms with van der Waals surface area (Å²) in [6, 6.07) is 20.9. The van der Waals surface area contributed by atoms with Crippen molar-refractivity contribution < 1.29 is 33.1 Å². The van der Waals surface area contributed by atoms with E-state index in [1.165, 1.54) is 4.90 Å². The van der Waals surface area contributed by atoms with Gasteiger partial charge in [-0.3, -0.25) is 19.5 Å². The van der Waals surface area contributed by atoms with Crippen LogP contribution in [0.2, 0.25) is 0 Å². The standard InChI is InChI=1S/C56H62BFN10O6S.2C2H6/c1-32(2)47(53(70)68-19-7-18-56(68,57)54(71)61-33(3)36-10-12-37(13-11-36)51-34(4)60-31-75-51)45-26-46(65-74-45)73-30-35-16-20-66(21-17-35)22-23-72-55-63-50-44(52(64-55)67-28-39-14-15-40(29-67)62-39)27-59-49(48(50)58)43-25-41(69)24-38-8-5-6-9-42(38)43;2*1-2/h5-6,8-13,24-27,31-33,35,39-40,47,62,69H,7,14-23,28-30H2,1-4H3,(H,61,71);2*1-2H3/t33-,39?,40?,47?,56-;;/m0../s1. The number of likely N-dealkylation sites (tertiary alicyclic amines) is 2. The number of anilines is 1. The van der Waals surface area contributed by atoms with Crippen molar-refractivity contribution in [3.63, 3.8) is 0 Å². The second kappa shape index (κ2) is 25.2. The third-order valence-electron chi connectivity index (χ3n) is 15.7. The first kappa shape index (κ1) is 57.0. The van der Waals surface area contributed by atoms with E-state index in [4.69, 9.17) is 26.8 Å². The maximum absolute atomic E-state index is 16.9. The maximum Gasteiger partial charge on any atom is 0.319 e. The zero-order valence-electron chi connectivity index (χ0n) is 46.8. The van der Waals surface area contributed by atoms with Gasteiger partial charge in [-0.15, -0.1) is 11.3 Å². The quantitative estimate of drug-likeness (QED) is 0.0777. The van der Waals surface area contributed by atoms with Crippen LogP contribution in [0, 0.1) is 24.6 Å². The number of hydrogen-bond acceptors (Lipinski definition) is 15. The number of phenolic OH excluding ortho intramolecular Hbond substituents is 1. The molecule has 4 fully saturated rings. The number of pyridine rings is 1. The molecule has 0 aliphatic carbocycles. The van der Waals surface area contributed by atoms with Gasteiger partial charge in [0.1, 0.15) is 43.1 Å². The SMILES string of the molecule is CC.CC.[B][C@@]1(C(=O)N[C@@H](C)c2ccc(-c3scnc3C)cc2)CCCN1C(=O)C(c1cc(OCC2CCN(CCOc3nc(N4CC5CCC(C4)N5)c4cnc(-c5cc(O)cc6ccccc56)c(F)c4n3)CC2)no1)C(C)C. The monoisotopic (exact) mass is 1090 g/mol. The van der Waals surface area contributed by atoms with Crippen molar-refractivity contribution in [3.05, 3.63) is 101 Å². The molecule has 4 aliphatic heterocycles. The number of nitrogens with zero attached hydrogens (tertiary/aromatic N) is 8. The Bertz CT molecular complexity index is 3210. The van der Waals surface area contributed by atoms with E-state index < -0.39 is 23.1 Å². The lowest BCUT2D eigenvalue weighted by Crippen LogP contribution is -2.59. The highest BCUT2D eigenvalue weighted by Crippen LogP contribution is 2.39. The van der Waals surface area contributed by atoms with Gasteiger partial charge in [-0.25, -0.2) is 9.37 Å². The van der Waals surface area contributed by atoms with Gasteiger partial charge in [0.25, 0.3) is 5.88 Å². The van der Waals surface area contributed by atoms with Crippen molar-refractivity contribution in [1.29, 1.82) is 0 Å².